The summed E-state index contributed by atoms with van der Waals surface area (Å²) in [7, 11) is -3.88. The van der Waals surface area contributed by atoms with Crippen molar-refractivity contribution in [2.45, 2.75) is 45.7 Å². The number of nitrogens with zero attached hydrogens (tertiary/aromatic N) is 2. The second kappa shape index (κ2) is 9.71. The maximum absolute atomic E-state index is 13.1. The highest BCUT2D eigenvalue weighted by Crippen LogP contribution is 2.27. The van der Waals surface area contributed by atoms with Crippen LogP contribution in [0, 0.1) is 17.0 Å². The van der Waals surface area contributed by atoms with Crippen LogP contribution in [0.4, 0.5) is 11.4 Å². The minimum atomic E-state index is -3.88. The number of amides is 1. The Kier molecular flexibility index (Phi) is 7.55. The Morgan fingerprint density at radius 3 is 2.27 bits per heavy atom. The van der Waals surface area contributed by atoms with E-state index >= 15 is 0 Å². The third kappa shape index (κ3) is 5.56. The third-order valence-corrected chi connectivity index (χ3v) is 6.01. The van der Waals surface area contributed by atoms with E-state index < -0.39 is 26.9 Å². The van der Waals surface area contributed by atoms with Gasteiger partial charge in [-0.05, 0) is 31.4 Å². The van der Waals surface area contributed by atoms with Crippen molar-refractivity contribution >= 4 is 27.3 Å². The van der Waals surface area contributed by atoms with Gasteiger partial charge in [-0.1, -0.05) is 49.7 Å². The molecule has 0 bridgehead atoms. The first-order chi connectivity index (χ1) is 14.1. The number of nitrogens with one attached hydrogen (secondary N) is 1. The molecule has 2 aromatic carbocycles. The van der Waals surface area contributed by atoms with E-state index in [9.17, 15) is 23.3 Å². The van der Waals surface area contributed by atoms with Crippen molar-refractivity contribution in [2.24, 2.45) is 0 Å². The number of non-ortho nitro benzene ring substituents is 1. The number of sulfonamides is 1. The van der Waals surface area contributed by atoms with Gasteiger partial charge in [0.25, 0.3) is 5.69 Å². The minimum Gasteiger partial charge on any atom is -0.347 e. The zero-order valence-electron chi connectivity index (χ0n) is 17.5. The van der Waals surface area contributed by atoms with Crippen LogP contribution in [0.2, 0.25) is 0 Å². The van der Waals surface area contributed by atoms with E-state index in [4.69, 9.17) is 0 Å². The van der Waals surface area contributed by atoms with Crippen LogP contribution >= 0.6 is 0 Å². The van der Waals surface area contributed by atoms with E-state index in [-0.39, 0.29) is 23.8 Å². The fourth-order valence-corrected chi connectivity index (χ4v) is 4.50. The quantitative estimate of drug-likeness (QED) is 0.479. The number of hydrogen-bond donors (Lipinski definition) is 1. The van der Waals surface area contributed by atoms with Crippen molar-refractivity contribution < 1.29 is 18.1 Å². The summed E-state index contributed by atoms with van der Waals surface area (Å²) >= 11 is 0. The smallest absolute Gasteiger partial charge is 0.271 e. The maximum atomic E-state index is 13.1. The summed E-state index contributed by atoms with van der Waals surface area (Å²) in [4.78, 5) is 23.6. The Hall–Kier alpha value is -2.94. The van der Waals surface area contributed by atoms with E-state index in [0.717, 1.165) is 27.8 Å². The highest BCUT2D eigenvalue weighted by Gasteiger charge is 2.33. The maximum Gasteiger partial charge on any atom is 0.271 e. The van der Waals surface area contributed by atoms with Gasteiger partial charge < -0.3 is 5.32 Å². The molecule has 1 N–H and O–H groups in total. The number of nitro benzene ring substituents is 1. The predicted molar refractivity (Wildman–Crippen MR) is 117 cm³/mol. The zero-order chi connectivity index (χ0) is 22.5. The lowest BCUT2D eigenvalue weighted by Crippen LogP contribution is -2.50. The average molecular weight is 434 g/mol. The van der Waals surface area contributed by atoms with Crippen molar-refractivity contribution in [1.82, 2.24) is 5.32 Å². The van der Waals surface area contributed by atoms with E-state index in [0.29, 0.717) is 6.42 Å². The highest BCUT2D eigenvalue weighted by atomic mass is 32.2. The minimum absolute atomic E-state index is 0.0806. The molecule has 0 aliphatic carbocycles. The molecule has 2 atom stereocenters. The molecule has 8 nitrogen and oxygen atoms in total. The van der Waals surface area contributed by atoms with Gasteiger partial charge in [0, 0.05) is 12.1 Å². The first-order valence-corrected chi connectivity index (χ1v) is 11.5. The molecule has 2 rings (SSSR count). The summed E-state index contributed by atoms with van der Waals surface area (Å²) < 4.78 is 26.1. The van der Waals surface area contributed by atoms with Crippen LogP contribution in [0.15, 0.2) is 48.5 Å². The second-order valence-corrected chi connectivity index (χ2v) is 9.00. The summed E-state index contributed by atoms with van der Waals surface area (Å²) in [5.41, 5.74) is 1.85. The number of aryl methyl sites for hydroxylation is 1. The molecular weight excluding hydrogens is 406 g/mol. The molecule has 0 saturated carbocycles. The number of hydrogen-bond acceptors (Lipinski definition) is 5. The Labute approximate surface area is 177 Å². The fraction of sp³-hybridized carbons (Fsp3) is 0.381. The average Bonchev–Trinajstić information content (AvgIpc) is 2.69. The molecule has 0 heterocycles. The van der Waals surface area contributed by atoms with Crippen LogP contribution in [0.5, 0.6) is 0 Å². The SMILES string of the molecule is CC[C@H](NC(=O)[C@H](CC)N(c1cccc([N+](=O)[O-])c1)S(C)(=O)=O)c1ccc(C)cc1. The Balaban J connectivity index is 2.39. The van der Waals surface area contributed by atoms with Crippen LogP contribution in [0.25, 0.3) is 0 Å². The Bertz CT molecular complexity index is 1010. The number of nitro groups is 1. The van der Waals surface area contributed by atoms with Gasteiger partial charge in [-0.2, -0.15) is 0 Å². The molecule has 0 unspecified atom stereocenters. The molecule has 0 aliphatic rings. The van der Waals surface area contributed by atoms with Crippen LogP contribution in [0.3, 0.4) is 0 Å². The van der Waals surface area contributed by atoms with Gasteiger partial charge in [0.15, 0.2) is 0 Å². The molecule has 0 radical (unpaired) electrons. The highest BCUT2D eigenvalue weighted by molar-refractivity contribution is 7.92. The molecule has 2 aromatic rings. The third-order valence-electron chi connectivity index (χ3n) is 4.83. The van der Waals surface area contributed by atoms with Gasteiger partial charge >= 0.3 is 0 Å². The first-order valence-electron chi connectivity index (χ1n) is 9.69. The van der Waals surface area contributed by atoms with Gasteiger partial charge in [-0.25, -0.2) is 8.42 Å². The number of benzene rings is 2. The predicted octanol–water partition coefficient (Wildman–Crippen LogP) is 3.72. The summed E-state index contributed by atoms with van der Waals surface area (Å²) in [6.07, 6.45) is 1.81. The normalized spacial score (nSPS) is 13.3. The topological polar surface area (TPSA) is 110 Å². The van der Waals surface area contributed by atoms with Crippen molar-refractivity contribution in [3.05, 3.63) is 69.8 Å². The van der Waals surface area contributed by atoms with Crippen molar-refractivity contribution in [3.63, 3.8) is 0 Å². The fourth-order valence-electron chi connectivity index (χ4n) is 3.29. The Morgan fingerprint density at radius 1 is 1.13 bits per heavy atom. The van der Waals surface area contributed by atoms with E-state index in [1.807, 2.05) is 38.1 Å². The van der Waals surface area contributed by atoms with Gasteiger partial charge in [-0.3, -0.25) is 19.2 Å². The second-order valence-electron chi connectivity index (χ2n) is 7.14. The molecule has 0 aliphatic heterocycles. The molecule has 0 spiro atoms. The lowest BCUT2D eigenvalue weighted by atomic mass is 10.0. The van der Waals surface area contributed by atoms with E-state index in [1.54, 1.807) is 6.92 Å². The van der Waals surface area contributed by atoms with Crippen LogP contribution in [-0.2, 0) is 14.8 Å². The molecule has 0 fully saturated rings. The van der Waals surface area contributed by atoms with E-state index in [1.165, 1.54) is 18.2 Å². The molecule has 1 amide bonds. The lowest BCUT2D eigenvalue weighted by Gasteiger charge is -2.31. The van der Waals surface area contributed by atoms with Gasteiger partial charge in [-0.15, -0.1) is 0 Å². The molecule has 30 heavy (non-hydrogen) atoms. The van der Waals surface area contributed by atoms with Gasteiger partial charge in [0.1, 0.15) is 6.04 Å². The Morgan fingerprint density at radius 2 is 1.77 bits per heavy atom. The zero-order valence-corrected chi connectivity index (χ0v) is 18.3. The number of carbonyl (C=O) groups excluding carboxylic acids is 1. The number of rotatable bonds is 9. The molecule has 0 aromatic heterocycles. The van der Waals surface area contributed by atoms with Gasteiger partial charge in [0.05, 0.1) is 22.9 Å². The summed E-state index contributed by atoms with van der Waals surface area (Å²) in [5, 5.41) is 14.1. The number of anilines is 1. The molecule has 0 saturated heterocycles. The molecule has 9 heteroatoms. The largest absolute Gasteiger partial charge is 0.347 e. The van der Waals surface area contributed by atoms with Crippen LogP contribution < -0.4 is 9.62 Å². The van der Waals surface area contributed by atoms with Crippen LogP contribution in [-0.4, -0.2) is 31.5 Å². The summed E-state index contributed by atoms with van der Waals surface area (Å²) in [6.45, 7) is 5.60. The van der Waals surface area contributed by atoms with E-state index in [2.05, 4.69) is 5.32 Å². The van der Waals surface area contributed by atoms with Crippen LogP contribution in [0.1, 0.15) is 43.9 Å². The molecule has 162 valence electrons. The number of carbonyl (C=O) groups is 1. The van der Waals surface area contributed by atoms with Crippen molar-refractivity contribution in [2.75, 3.05) is 10.6 Å². The summed E-state index contributed by atoms with van der Waals surface area (Å²) in [5.74, 6) is -0.457. The van der Waals surface area contributed by atoms with Gasteiger partial charge in [0.2, 0.25) is 15.9 Å². The monoisotopic (exact) mass is 433 g/mol. The summed E-state index contributed by atoms with van der Waals surface area (Å²) in [6, 6.07) is 11.7. The van der Waals surface area contributed by atoms with Crippen molar-refractivity contribution in [3.8, 4) is 0 Å². The lowest BCUT2D eigenvalue weighted by molar-refractivity contribution is -0.384. The first kappa shape index (κ1) is 23.3. The standard InChI is InChI=1S/C21H27N3O5S/c1-5-19(16-12-10-15(3)11-13-16)22-21(25)20(6-2)23(30(4,28)29)17-8-7-9-18(14-17)24(26)27/h7-14,19-20H,5-6H2,1-4H3,(H,22,25)/t19-,20-/m0/s1. The molecular formula is C21H27N3O5S. The van der Waals surface area contributed by atoms with Crippen molar-refractivity contribution in [1.29, 1.82) is 0 Å².